The molecule has 1 fully saturated rings. The van der Waals surface area contributed by atoms with Crippen LogP contribution in [0.1, 0.15) is 30.1 Å². The Morgan fingerprint density at radius 3 is 2.52 bits per heavy atom. The van der Waals surface area contributed by atoms with Crippen molar-refractivity contribution < 1.29 is 9.59 Å². The van der Waals surface area contributed by atoms with Crippen molar-refractivity contribution >= 4 is 11.8 Å². The third-order valence-corrected chi connectivity index (χ3v) is 3.72. The van der Waals surface area contributed by atoms with Gasteiger partial charge in [-0.15, -0.1) is 0 Å². The highest BCUT2D eigenvalue weighted by atomic mass is 16.2. The first-order chi connectivity index (χ1) is 10.2. The molecule has 4 heteroatoms. The number of carbonyl (C=O) groups excluding carboxylic acids is 2. The van der Waals surface area contributed by atoms with E-state index in [1.54, 1.807) is 24.0 Å². The van der Waals surface area contributed by atoms with Crippen molar-refractivity contribution in [1.29, 1.82) is 0 Å². The summed E-state index contributed by atoms with van der Waals surface area (Å²) in [5, 5.41) is 2.97. The minimum atomic E-state index is -0.0933. The third kappa shape index (κ3) is 4.35. The Morgan fingerprint density at radius 1 is 1.24 bits per heavy atom. The number of nitrogens with one attached hydrogen (secondary N) is 1. The predicted molar refractivity (Wildman–Crippen MR) is 81.5 cm³/mol. The zero-order chi connectivity index (χ0) is 15.1. The normalized spacial score (nSPS) is 15.0. The Hall–Kier alpha value is -2.28. The van der Waals surface area contributed by atoms with Crippen LogP contribution in [-0.4, -0.2) is 36.3 Å². The molecule has 2 amide bonds. The number of benzene rings is 1. The van der Waals surface area contributed by atoms with Crippen LogP contribution in [0.2, 0.25) is 0 Å². The van der Waals surface area contributed by atoms with Gasteiger partial charge in [-0.3, -0.25) is 9.59 Å². The highest BCUT2D eigenvalue weighted by Gasteiger charge is 2.22. The SMILES string of the molecule is CC#CC(=O)N1CCC(CNC(=O)c2ccccc2)CC1. The number of hydrogen-bond acceptors (Lipinski definition) is 2. The van der Waals surface area contributed by atoms with E-state index in [0.29, 0.717) is 18.0 Å². The van der Waals surface area contributed by atoms with Crippen LogP contribution in [0.4, 0.5) is 0 Å². The minimum absolute atomic E-state index is 0.0362. The highest BCUT2D eigenvalue weighted by Crippen LogP contribution is 2.16. The van der Waals surface area contributed by atoms with Gasteiger partial charge in [0.1, 0.15) is 0 Å². The monoisotopic (exact) mass is 284 g/mol. The van der Waals surface area contributed by atoms with Crippen LogP contribution in [0.15, 0.2) is 30.3 Å². The van der Waals surface area contributed by atoms with Crippen molar-refractivity contribution in [2.75, 3.05) is 19.6 Å². The number of piperidine rings is 1. The van der Waals surface area contributed by atoms with Crippen LogP contribution in [0.5, 0.6) is 0 Å². The fourth-order valence-corrected chi connectivity index (χ4v) is 2.45. The molecule has 110 valence electrons. The average Bonchev–Trinajstić information content (AvgIpc) is 2.54. The average molecular weight is 284 g/mol. The lowest BCUT2D eigenvalue weighted by Gasteiger charge is -2.30. The summed E-state index contributed by atoms with van der Waals surface area (Å²) in [6.07, 6.45) is 1.82. The molecule has 1 aliphatic rings. The summed E-state index contributed by atoms with van der Waals surface area (Å²) in [4.78, 5) is 25.4. The fraction of sp³-hybridized carbons (Fsp3) is 0.412. The van der Waals surface area contributed by atoms with Crippen LogP contribution in [0.3, 0.4) is 0 Å². The molecule has 0 spiro atoms. The van der Waals surface area contributed by atoms with E-state index in [0.717, 1.165) is 25.9 Å². The first-order valence-electron chi connectivity index (χ1n) is 7.25. The Kier molecular flexibility index (Phi) is 5.39. The quantitative estimate of drug-likeness (QED) is 0.859. The molecule has 0 aromatic heterocycles. The van der Waals surface area contributed by atoms with Crippen molar-refractivity contribution in [3.8, 4) is 11.8 Å². The first kappa shape index (κ1) is 15.1. The van der Waals surface area contributed by atoms with Crippen LogP contribution in [0, 0.1) is 17.8 Å². The van der Waals surface area contributed by atoms with Gasteiger partial charge in [-0.25, -0.2) is 0 Å². The second-order valence-corrected chi connectivity index (χ2v) is 5.19. The van der Waals surface area contributed by atoms with E-state index < -0.39 is 0 Å². The van der Waals surface area contributed by atoms with Gasteiger partial charge in [-0.05, 0) is 43.7 Å². The Balaban J connectivity index is 1.75. The Labute approximate surface area is 125 Å². The summed E-state index contributed by atoms with van der Waals surface area (Å²) in [7, 11) is 0. The van der Waals surface area contributed by atoms with Gasteiger partial charge in [0, 0.05) is 25.2 Å². The van der Waals surface area contributed by atoms with E-state index in [-0.39, 0.29) is 11.8 Å². The van der Waals surface area contributed by atoms with Gasteiger partial charge in [-0.2, -0.15) is 0 Å². The smallest absolute Gasteiger partial charge is 0.298 e. The summed E-state index contributed by atoms with van der Waals surface area (Å²) >= 11 is 0. The molecule has 2 rings (SSSR count). The van der Waals surface area contributed by atoms with E-state index >= 15 is 0 Å². The Morgan fingerprint density at radius 2 is 1.90 bits per heavy atom. The molecule has 4 nitrogen and oxygen atoms in total. The van der Waals surface area contributed by atoms with Crippen LogP contribution in [-0.2, 0) is 4.79 Å². The molecular weight excluding hydrogens is 264 g/mol. The lowest BCUT2D eigenvalue weighted by molar-refractivity contribution is -0.126. The van der Waals surface area contributed by atoms with Gasteiger partial charge in [0.2, 0.25) is 0 Å². The second kappa shape index (κ2) is 7.49. The fourth-order valence-electron chi connectivity index (χ4n) is 2.45. The molecule has 1 heterocycles. The van der Waals surface area contributed by atoms with E-state index in [1.165, 1.54) is 0 Å². The number of likely N-dealkylation sites (tertiary alicyclic amines) is 1. The van der Waals surface area contributed by atoms with Gasteiger partial charge in [0.05, 0.1) is 0 Å². The van der Waals surface area contributed by atoms with Gasteiger partial charge in [0.25, 0.3) is 11.8 Å². The van der Waals surface area contributed by atoms with E-state index in [4.69, 9.17) is 0 Å². The van der Waals surface area contributed by atoms with E-state index in [9.17, 15) is 9.59 Å². The van der Waals surface area contributed by atoms with Crippen molar-refractivity contribution in [2.24, 2.45) is 5.92 Å². The summed E-state index contributed by atoms with van der Waals surface area (Å²) in [6.45, 7) is 3.78. The van der Waals surface area contributed by atoms with Crippen LogP contribution < -0.4 is 5.32 Å². The van der Waals surface area contributed by atoms with E-state index in [1.807, 2.05) is 18.2 Å². The summed E-state index contributed by atoms with van der Waals surface area (Å²) in [5.74, 6) is 5.50. The topological polar surface area (TPSA) is 49.4 Å². The molecule has 0 aliphatic carbocycles. The zero-order valence-electron chi connectivity index (χ0n) is 12.3. The van der Waals surface area contributed by atoms with E-state index in [2.05, 4.69) is 17.2 Å². The maximum absolute atomic E-state index is 12.0. The predicted octanol–water partition coefficient (Wildman–Crippen LogP) is 1.68. The second-order valence-electron chi connectivity index (χ2n) is 5.19. The molecule has 0 bridgehead atoms. The molecule has 0 saturated carbocycles. The first-order valence-corrected chi connectivity index (χ1v) is 7.25. The molecule has 1 aliphatic heterocycles. The molecule has 0 unspecified atom stereocenters. The van der Waals surface area contributed by atoms with Crippen molar-refractivity contribution in [2.45, 2.75) is 19.8 Å². The minimum Gasteiger partial charge on any atom is -0.352 e. The highest BCUT2D eigenvalue weighted by molar-refractivity contribution is 5.94. The maximum Gasteiger partial charge on any atom is 0.298 e. The standard InChI is InChI=1S/C17H20N2O2/c1-2-6-16(20)19-11-9-14(10-12-19)13-18-17(21)15-7-4-3-5-8-15/h3-5,7-8,14H,9-13H2,1H3,(H,18,21). The van der Waals surface area contributed by atoms with Gasteiger partial charge >= 0.3 is 0 Å². The number of nitrogens with zero attached hydrogens (tertiary/aromatic N) is 1. The van der Waals surface area contributed by atoms with Crippen molar-refractivity contribution in [3.05, 3.63) is 35.9 Å². The van der Waals surface area contributed by atoms with Gasteiger partial charge in [-0.1, -0.05) is 24.1 Å². The van der Waals surface area contributed by atoms with Gasteiger partial charge < -0.3 is 10.2 Å². The molecular formula is C17H20N2O2. The van der Waals surface area contributed by atoms with Crippen LogP contribution in [0.25, 0.3) is 0 Å². The number of hydrogen-bond donors (Lipinski definition) is 1. The molecule has 0 atom stereocenters. The Bertz CT molecular complexity index is 549. The van der Waals surface area contributed by atoms with Crippen LogP contribution >= 0.6 is 0 Å². The van der Waals surface area contributed by atoms with Crippen molar-refractivity contribution in [1.82, 2.24) is 10.2 Å². The summed E-state index contributed by atoms with van der Waals surface area (Å²) in [6, 6.07) is 9.21. The van der Waals surface area contributed by atoms with Crippen molar-refractivity contribution in [3.63, 3.8) is 0 Å². The molecule has 21 heavy (non-hydrogen) atoms. The molecule has 1 N–H and O–H groups in total. The van der Waals surface area contributed by atoms with Gasteiger partial charge in [0.15, 0.2) is 0 Å². The molecule has 1 saturated heterocycles. The zero-order valence-corrected chi connectivity index (χ0v) is 12.3. The largest absolute Gasteiger partial charge is 0.352 e. The lowest BCUT2D eigenvalue weighted by atomic mass is 9.96. The molecule has 1 aromatic rings. The number of amides is 2. The molecule has 1 aromatic carbocycles. The third-order valence-electron chi connectivity index (χ3n) is 3.72. The summed E-state index contributed by atoms with van der Waals surface area (Å²) < 4.78 is 0. The number of carbonyl (C=O) groups is 2. The summed E-state index contributed by atoms with van der Waals surface area (Å²) in [5.41, 5.74) is 0.684. The number of rotatable bonds is 3. The maximum atomic E-state index is 12.0. The molecule has 0 radical (unpaired) electrons. The lowest BCUT2D eigenvalue weighted by Crippen LogP contribution is -2.41.